The highest BCUT2D eigenvalue weighted by Gasteiger charge is 2.15. The van der Waals surface area contributed by atoms with Crippen molar-refractivity contribution in [2.75, 3.05) is 0 Å². The number of benzene rings is 3. The molecule has 0 N–H and O–H groups in total. The molecule has 5 rings (SSSR count). The molecule has 0 atom stereocenters. The summed E-state index contributed by atoms with van der Waals surface area (Å²) in [5, 5.41) is 14.2. The Balaban J connectivity index is 1.50. The Labute approximate surface area is 193 Å². The van der Waals surface area contributed by atoms with E-state index in [2.05, 4.69) is 16.2 Å². The molecular formula is C25H17N5O2S. The van der Waals surface area contributed by atoms with Crippen molar-refractivity contribution in [3.63, 3.8) is 0 Å². The van der Waals surface area contributed by atoms with Crippen LogP contribution in [0.15, 0.2) is 87.3 Å². The van der Waals surface area contributed by atoms with E-state index in [1.807, 2.05) is 49.4 Å². The first-order valence-corrected chi connectivity index (χ1v) is 11.2. The highest BCUT2D eigenvalue weighted by molar-refractivity contribution is 7.98. The van der Waals surface area contributed by atoms with E-state index in [0.717, 1.165) is 11.1 Å². The maximum Gasteiger partial charge on any atom is 0.266 e. The smallest absolute Gasteiger partial charge is 0.266 e. The Morgan fingerprint density at radius 2 is 1.76 bits per heavy atom. The monoisotopic (exact) mass is 451 g/mol. The van der Waals surface area contributed by atoms with Crippen LogP contribution >= 0.6 is 11.8 Å². The number of aryl methyl sites for hydroxylation is 1. The molecule has 0 fully saturated rings. The Morgan fingerprint density at radius 1 is 1.00 bits per heavy atom. The first-order chi connectivity index (χ1) is 16.1. The minimum Gasteiger partial charge on any atom is -0.334 e. The van der Waals surface area contributed by atoms with Crippen LogP contribution in [0.4, 0.5) is 0 Å². The third kappa shape index (κ3) is 4.14. The molecule has 7 nitrogen and oxygen atoms in total. The normalized spacial score (nSPS) is 10.9. The summed E-state index contributed by atoms with van der Waals surface area (Å²) in [5.41, 5.74) is 3.59. The lowest BCUT2D eigenvalue weighted by atomic mass is 10.1. The average Bonchev–Trinajstić information content (AvgIpc) is 3.32. The second-order valence-corrected chi connectivity index (χ2v) is 8.32. The molecular weight excluding hydrogens is 434 g/mol. The van der Waals surface area contributed by atoms with Gasteiger partial charge in [-0.05, 0) is 55.5 Å². The van der Waals surface area contributed by atoms with Crippen LogP contribution in [0.5, 0.6) is 0 Å². The molecule has 8 heteroatoms. The van der Waals surface area contributed by atoms with Gasteiger partial charge in [0, 0.05) is 5.56 Å². The molecule has 0 spiro atoms. The summed E-state index contributed by atoms with van der Waals surface area (Å²) < 4.78 is 6.97. The van der Waals surface area contributed by atoms with E-state index in [0.29, 0.717) is 44.8 Å². The fourth-order valence-electron chi connectivity index (χ4n) is 3.38. The predicted octanol–water partition coefficient (Wildman–Crippen LogP) is 4.91. The lowest BCUT2D eigenvalue weighted by Crippen LogP contribution is -2.21. The van der Waals surface area contributed by atoms with Crippen molar-refractivity contribution < 1.29 is 4.52 Å². The summed E-state index contributed by atoms with van der Waals surface area (Å²) in [4.78, 5) is 22.5. The Hall–Kier alpha value is -4.22. The van der Waals surface area contributed by atoms with Gasteiger partial charge in [-0.1, -0.05) is 46.7 Å². The lowest BCUT2D eigenvalue weighted by Gasteiger charge is -2.12. The molecule has 0 saturated heterocycles. The summed E-state index contributed by atoms with van der Waals surface area (Å²) in [6.07, 6.45) is 0. The summed E-state index contributed by atoms with van der Waals surface area (Å²) in [5.74, 6) is 1.32. The van der Waals surface area contributed by atoms with Crippen LogP contribution in [0.2, 0.25) is 0 Å². The molecule has 0 aliphatic heterocycles. The fraction of sp³-hybridized carbons (Fsp3) is 0.0800. The molecule has 0 saturated carbocycles. The Bertz CT molecular complexity index is 1550. The second-order valence-electron chi connectivity index (χ2n) is 7.38. The number of thioether (sulfide) groups is 1. The minimum atomic E-state index is -0.179. The zero-order valence-corrected chi connectivity index (χ0v) is 18.4. The molecule has 0 radical (unpaired) electrons. The molecule has 0 bridgehead atoms. The molecule has 160 valence electrons. The van der Waals surface area contributed by atoms with Crippen molar-refractivity contribution in [2.24, 2.45) is 0 Å². The van der Waals surface area contributed by atoms with E-state index in [9.17, 15) is 4.79 Å². The van der Waals surface area contributed by atoms with Crippen LogP contribution in [0.3, 0.4) is 0 Å². The molecule has 3 aromatic carbocycles. The van der Waals surface area contributed by atoms with Gasteiger partial charge < -0.3 is 4.52 Å². The van der Waals surface area contributed by atoms with Gasteiger partial charge >= 0.3 is 0 Å². The highest BCUT2D eigenvalue weighted by Crippen LogP contribution is 2.25. The number of rotatable bonds is 5. The van der Waals surface area contributed by atoms with Crippen LogP contribution in [0.1, 0.15) is 17.0 Å². The zero-order valence-electron chi connectivity index (χ0n) is 17.6. The van der Waals surface area contributed by atoms with Gasteiger partial charge in [0.15, 0.2) is 11.0 Å². The van der Waals surface area contributed by atoms with Crippen LogP contribution in [-0.2, 0) is 5.75 Å². The van der Waals surface area contributed by atoms with Crippen LogP contribution in [-0.4, -0.2) is 19.7 Å². The zero-order chi connectivity index (χ0) is 22.8. The highest BCUT2D eigenvalue weighted by atomic mass is 32.2. The molecule has 0 aliphatic rings. The van der Waals surface area contributed by atoms with Gasteiger partial charge in [0.2, 0.25) is 0 Å². The van der Waals surface area contributed by atoms with Crippen molar-refractivity contribution in [1.82, 2.24) is 19.7 Å². The van der Waals surface area contributed by atoms with Crippen molar-refractivity contribution in [1.29, 1.82) is 5.26 Å². The third-order valence-electron chi connectivity index (χ3n) is 5.10. The van der Waals surface area contributed by atoms with E-state index in [1.165, 1.54) is 11.8 Å². The molecule has 2 aromatic heterocycles. The number of aromatic nitrogens is 4. The first kappa shape index (κ1) is 20.7. The summed E-state index contributed by atoms with van der Waals surface area (Å²) in [7, 11) is 0. The van der Waals surface area contributed by atoms with Crippen LogP contribution in [0, 0.1) is 18.3 Å². The van der Waals surface area contributed by atoms with Gasteiger partial charge in [0.1, 0.15) is 0 Å². The average molecular weight is 452 g/mol. The second kappa shape index (κ2) is 8.73. The Kier molecular flexibility index (Phi) is 5.47. The van der Waals surface area contributed by atoms with Crippen molar-refractivity contribution in [2.45, 2.75) is 17.8 Å². The Morgan fingerprint density at radius 3 is 2.52 bits per heavy atom. The van der Waals surface area contributed by atoms with Gasteiger partial charge in [0.05, 0.1) is 34.0 Å². The molecule has 0 aliphatic carbocycles. The van der Waals surface area contributed by atoms with E-state index in [1.54, 1.807) is 34.9 Å². The largest absolute Gasteiger partial charge is 0.334 e. The summed E-state index contributed by atoms with van der Waals surface area (Å²) in [6, 6.07) is 24.0. The maximum absolute atomic E-state index is 13.3. The van der Waals surface area contributed by atoms with E-state index in [-0.39, 0.29) is 5.56 Å². The van der Waals surface area contributed by atoms with Gasteiger partial charge in [0.25, 0.3) is 11.4 Å². The van der Waals surface area contributed by atoms with Gasteiger partial charge in [-0.15, -0.1) is 0 Å². The van der Waals surface area contributed by atoms with Crippen LogP contribution < -0.4 is 5.56 Å². The molecule has 0 unspecified atom stereocenters. The number of para-hydroxylation sites is 1. The molecule has 5 aromatic rings. The first-order valence-electron chi connectivity index (χ1n) is 10.2. The van der Waals surface area contributed by atoms with E-state index in [4.69, 9.17) is 14.8 Å². The standard InChI is InChI=1S/C25H17N5O2S/c1-16-6-10-18(11-7-16)23-28-22(29-32-23)15-33-25-27-21-5-3-2-4-20(21)24(31)30(25)19-12-8-17(14-26)9-13-19/h2-13H,15H2,1H3. The van der Waals surface area contributed by atoms with Gasteiger partial charge in [-0.25, -0.2) is 4.98 Å². The predicted molar refractivity (Wildman–Crippen MR) is 126 cm³/mol. The quantitative estimate of drug-likeness (QED) is 0.277. The lowest BCUT2D eigenvalue weighted by molar-refractivity contribution is 0.425. The topological polar surface area (TPSA) is 97.6 Å². The fourth-order valence-corrected chi connectivity index (χ4v) is 4.23. The number of hydrogen-bond acceptors (Lipinski definition) is 7. The summed E-state index contributed by atoms with van der Waals surface area (Å²) in [6.45, 7) is 2.02. The maximum atomic E-state index is 13.3. The summed E-state index contributed by atoms with van der Waals surface area (Å²) >= 11 is 1.35. The van der Waals surface area contributed by atoms with E-state index < -0.39 is 0 Å². The third-order valence-corrected chi connectivity index (χ3v) is 6.03. The number of nitrogens with zero attached hydrogens (tertiary/aromatic N) is 5. The van der Waals surface area contributed by atoms with E-state index >= 15 is 0 Å². The van der Waals surface area contributed by atoms with Crippen molar-refractivity contribution in [3.8, 4) is 23.2 Å². The number of fused-ring (bicyclic) bond motifs is 1. The van der Waals surface area contributed by atoms with Crippen molar-refractivity contribution >= 4 is 22.7 Å². The molecule has 2 heterocycles. The van der Waals surface area contributed by atoms with Gasteiger partial charge in [-0.3, -0.25) is 9.36 Å². The number of nitriles is 1. The SMILES string of the molecule is Cc1ccc(-c2nc(CSc3nc4ccccc4c(=O)n3-c3ccc(C#N)cc3)no2)cc1. The molecule has 33 heavy (non-hydrogen) atoms. The number of hydrogen-bond donors (Lipinski definition) is 0. The van der Waals surface area contributed by atoms with Crippen molar-refractivity contribution in [3.05, 3.63) is 100 Å². The van der Waals surface area contributed by atoms with Crippen LogP contribution in [0.25, 0.3) is 28.0 Å². The molecule has 0 amide bonds. The van der Waals surface area contributed by atoms with Gasteiger partial charge in [-0.2, -0.15) is 10.2 Å². The minimum absolute atomic E-state index is 0.179.